The van der Waals surface area contributed by atoms with E-state index in [-0.39, 0.29) is 16.6 Å². The maximum absolute atomic E-state index is 14.0. The number of nitrogens with zero attached hydrogens (tertiary/aromatic N) is 1. The van der Waals surface area contributed by atoms with Crippen molar-refractivity contribution >= 4 is 33.4 Å². The van der Waals surface area contributed by atoms with Crippen LogP contribution >= 0.6 is 11.8 Å². The molecular weight excluding hydrogens is 463 g/mol. The van der Waals surface area contributed by atoms with E-state index in [1.807, 2.05) is 6.07 Å². The number of morpholine rings is 1. The molecule has 0 atom stereocenters. The summed E-state index contributed by atoms with van der Waals surface area (Å²) < 4.78 is 46.4. The highest BCUT2D eigenvalue weighted by Crippen LogP contribution is 2.28. The number of nitrogens with one attached hydrogen (secondary N) is 1. The Morgan fingerprint density at radius 2 is 1.73 bits per heavy atom. The van der Waals surface area contributed by atoms with Crippen LogP contribution in [0.25, 0.3) is 0 Å². The molecule has 0 aliphatic carbocycles. The van der Waals surface area contributed by atoms with Gasteiger partial charge in [0.1, 0.15) is 5.82 Å². The number of thioether (sulfide) groups is 1. The Morgan fingerprint density at radius 1 is 1.00 bits per heavy atom. The third kappa shape index (κ3) is 5.62. The third-order valence-corrected chi connectivity index (χ3v) is 8.19. The van der Waals surface area contributed by atoms with Crippen LogP contribution in [0.4, 0.5) is 10.1 Å². The second-order valence-electron chi connectivity index (χ2n) is 7.37. The largest absolute Gasteiger partial charge is 0.379 e. The highest BCUT2D eigenvalue weighted by molar-refractivity contribution is 7.98. The Bertz CT molecular complexity index is 1240. The average molecular weight is 487 g/mol. The summed E-state index contributed by atoms with van der Waals surface area (Å²) in [5.74, 6) is -0.276. The first kappa shape index (κ1) is 23.4. The predicted molar refractivity (Wildman–Crippen MR) is 126 cm³/mol. The fourth-order valence-corrected chi connectivity index (χ4v) is 5.91. The van der Waals surface area contributed by atoms with Gasteiger partial charge in [-0.25, -0.2) is 12.8 Å². The number of hydrogen-bond acceptors (Lipinski definition) is 5. The fourth-order valence-electron chi connectivity index (χ4n) is 3.42. The zero-order chi connectivity index (χ0) is 23.3. The van der Waals surface area contributed by atoms with Crippen LogP contribution < -0.4 is 5.32 Å². The number of ether oxygens (including phenoxy) is 1. The van der Waals surface area contributed by atoms with E-state index in [0.29, 0.717) is 53.8 Å². The van der Waals surface area contributed by atoms with E-state index in [9.17, 15) is 17.6 Å². The molecule has 33 heavy (non-hydrogen) atoms. The van der Waals surface area contributed by atoms with E-state index in [2.05, 4.69) is 5.32 Å². The Hall–Kier alpha value is -2.72. The average Bonchev–Trinajstić information content (AvgIpc) is 2.84. The van der Waals surface area contributed by atoms with Crippen LogP contribution in [0.2, 0.25) is 0 Å². The second kappa shape index (κ2) is 10.5. The topological polar surface area (TPSA) is 75.7 Å². The number of halogens is 1. The van der Waals surface area contributed by atoms with Crippen LogP contribution in [0.3, 0.4) is 0 Å². The zero-order valence-corrected chi connectivity index (χ0v) is 19.4. The number of carbonyl (C=O) groups excluding carboxylic acids is 1. The van der Waals surface area contributed by atoms with Crippen molar-refractivity contribution in [1.29, 1.82) is 0 Å². The van der Waals surface area contributed by atoms with Gasteiger partial charge in [-0.3, -0.25) is 4.79 Å². The summed E-state index contributed by atoms with van der Waals surface area (Å²) in [5.41, 5.74) is 1.36. The number of carbonyl (C=O) groups is 1. The number of anilines is 1. The molecule has 1 aliphatic rings. The van der Waals surface area contributed by atoms with Gasteiger partial charge < -0.3 is 10.1 Å². The molecule has 3 aromatic rings. The molecular formula is C24H23FN2O4S2. The molecule has 9 heteroatoms. The molecule has 1 N–H and O–H groups in total. The van der Waals surface area contributed by atoms with Crippen LogP contribution in [0.1, 0.15) is 15.9 Å². The molecule has 0 spiro atoms. The van der Waals surface area contributed by atoms with Crippen molar-refractivity contribution in [3.8, 4) is 0 Å². The summed E-state index contributed by atoms with van der Waals surface area (Å²) >= 11 is 1.36. The quantitative estimate of drug-likeness (QED) is 0.502. The van der Waals surface area contributed by atoms with E-state index in [1.54, 1.807) is 48.5 Å². The molecule has 0 unspecified atom stereocenters. The van der Waals surface area contributed by atoms with Crippen LogP contribution in [0.15, 0.2) is 82.6 Å². The number of rotatable bonds is 7. The lowest BCUT2D eigenvalue weighted by Crippen LogP contribution is -2.40. The van der Waals surface area contributed by atoms with Gasteiger partial charge in [-0.05, 0) is 42.0 Å². The highest BCUT2D eigenvalue weighted by atomic mass is 32.2. The first-order valence-corrected chi connectivity index (χ1v) is 12.8. The van der Waals surface area contributed by atoms with Crippen molar-refractivity contribution in [3.63, 3.8) is 0 Å². The number of hydrogen-bond donors (Lipinski definition) is 1. The number of sulfonamides is 1. The summed E-state index contributed by atoms with van der Waals surface area (Å²) in [6.07, 6.45) is 0. The number of benzene rings is 3. The van der Waals surface area contributed by atoms with Crippen molar-refractivity contribution < 1.29 is 22.3 Å². The summed E-state index contributed by atoms with van der Waals surface area (Å²) in [7, 11) is -3.67. The molecule has 1 fully saturated rings. The second-order valence-corrected chi connectivity index (χ2v) is 10.3. The van der Waals surface area contributed by atoms with Gasteiger partial charge in [-0.2, -0.15) is 4.31 Å². The number of amides is 1. The Morgan fingerprint density at radius 3 is 2.52 bits per heavy atom. The normalized spacial score (nSPS) is 14.7. The Balaban J connectivity index is 1.50. The SMILES string of the molecule is O=C(Nc1cccc(S(=O)(=O)N2CCOCC2)c1)c1ccccc1SCc1ccccc1F. The van der Waals surface area contributed by atoms with Gasteiger partial charge in [0, 0.05) is 29.4 Å². The minimum atomic E-state index is -3.67. The standard InChI is InChI=1S/C24H23FN2O4S2/c25-22-10-3-1-6-18(22)17-32-23-11-4-2-9-21(23)24(28)26-19-7-5-8-20(16-19)33(29,30)27-12-14-31-15-13-27/h1-11,16H,12-15,17H2,(H,26,28). The summed E-state index contributed by atoms with van der Waals surface area (Å²) in [5, 5.41) is 2.79. The molecule has 4 rings (SSSR count). The lowest BCUT2D eigenvalue weighted by atomic mass is 10.2. The van der Waals surface area contributed by atoms with Crippen molar-refractivity contribution in [2.24, 2.45) is 0 Å². The van der Waals surface area contributed by atoms with E-state index in [1.165, 1.54) is 34.3 Å². The lowest BCUT2D eigenvalue weighted by Gasteiger charge is -2.26. The molecule has 0 saturated carbocycles. The summed E-state index contributed by atoms with van der Waals surface area (Å²) in [6.45, 7) is 1.31. The maximum atomic E-state index is 14.0. The van der Waals surface area contributed by atoms with Crippen LogP contribution in [0.5, 0.6) is 0 Å². The molecule has 3 aromatic carbocycles. The van der Waals surface area contributed by atoms with Gasteiger partial charge in [-0.1, -0.05) is 36.4 Å². The maximum Gasteiger partial charge on any atom is 0.256 e. The van der Waals surface area contributed by atoms with Crippen molar-refractivity contribution in [2.75, 3.05) is 31.6 Å². The molecule has 0 bridgehead atoms. The molecule has 1 amide bonds. The highest BCUT2D eigenvalue weighted by Gasteiger charge is 2.26. The predicted octanol–water partition coefficient (Wildman–Crippen LogP) is 4.39. The van der Waals surface area contributed by atoms with E-state index in [0.717, 1.165) is 0 Å². The van der Waals surface area contributed by atoms with Crippen LogP contribution in [0, 0.1) is 5.82 Å². The van der Waals surface area contributed by atoms with Crippen molar-refractivity contribution in [3.05, 3.63) is 89.7 Å². The zero-order valence-electron chi connectivity index (χ0n) is 17.7. The first-order valence-electron chi connectivity index (χ1n) is 10.4. The fraction of sp³-hybridized carbons (Fsp3) is 0.208. The van der Waals surface area contributed by atoms with Crippen molar-refractivity contribution in [2.45, 2.75) is 15.5 Å². The van der Waals surface area contributed by atoms with E-state index in [4.69, 9.17) is 4.74 Å². The molecule has 1 heterocycles. The molecule has 0 aromatic heterocycles. The summed E-state index contributed by atoms with van der Waals surface area (Å²) in [6, 6.07) is 19.8. The molecule has 6 nitrogen and oxygen atoms in total. The smallest absolute Gasteiger partial charge is 0.256 e. The third-order valence-electron chi connectivity index (χ3n) is 5.17. The first-order chi connectivity index (χ1) is 15.9. The van der Waals surface area contributed by atoms with Gasteiger partial charge in [0.2, 0.25) is 10.0 Å². The van der Waals surface area contributed by atoms with Gasteiger partial charge in [0.05, 0.1) is 23.7 Å². The molecule has 172 valence electrons. The minimum absolute atomic E-state index is 0.115. The van der Waals surface area contributed by atoms with Gasteiger partial charge in [0.15, 0.2) is 0 Å². The van der Waals surface area contributed by atoms with E-state index >= 15 is 0 Å². The van der Waals surface area contributed by atoms with Crippen molar-refractivity contribution in [1.82, 2.24) is 4.31 Å². The van der Waals surface area contributed by atoms with Crippen LogP contribution in [-0.2, 0) is 20.5 Å². The molecule has 1 aliphatic heterocycles. The van der Waals surface area contributed by atoms with Crippen LogP contribution in [-0.4, -0.2) is 44.9 Å². The molecule has 0 radical (unpaired) electrons. The minimum Gasteiger partial charge on any atom is -0.379 e. The Labute approximate surface area is 196 Å². The van der Waals surface area contributed by atoms with E-state index < -0.39 is 10.0 Å². The van der Waals surface area contributed by atoms with Gasteiger partial charge in [-0.15, -0.1) is 11.8 Å². The Kier molecular flexibility index (Phi) is 7.44. The summed E-state index contributed by atoms with van der Waals surface area (Å²) in [4.78, 5) is 13.8. The lowest BCUT2D eigenvalue weighted by molar-refractivity contribution is 0.0730. The van der Waals surface area contributed by atoms with Gasteiger partial charge >= 0.3 is 0 Å². The monoisotopic (exact) mass is 486 g/mol. The van der Waals surface area contributed by atoms with Gasteiger partial charge in [0.25, 0.3) is 5.91 Å². The molecule has 1 saturated heterocycles.